The second kappa shape index (κ2) is 7.09. The first-order valence-corrected chi connectivity index (χ1v) is 8.28. The molecule has 2 aromatic heterocycles. The Labute approximate surface area is 159 Å². The van der Waals surface area contributed by atoms with Crippen LogP contribution in [0.2, 0.25) is 0 Å². The molecule has 0 radical (unpaired) electrons. The van der Waals surface area contributed by atoms with Crippen LogP contribution in [0.15, 0.2) is 67.0 Å². The molecular formula is C20H12N6O2. The van der Waals surface area contributed by atoms with Gasteiger partial charge in [-0.1, -0.05) is 6.07 Å². The SMILES string of the molecule is N#Cc1cccc(Nc2nc(-c3ccncc3)nc3ccc([N+](=O)[O-])cc23)c1. The quantitative estimate of drug-likeness (QED) is 0.423. The number of anilines is 2. The number of non-ortho nitro benzene ring substituents is 1. The highest BCUT2D eigenvalue weighted by molar-refractivity contribution is 5.93. The normalized spacial score (nSPS) is 10.4. The number of nitrogens with zero attached hydrogens (tertiary/aromatic N) is 5. The fraction of sp³-hybridized carbons (Fsp3) is 0. The van der Waals surface area contributed by atoms with Crippen molar-refractivity contribution in [3.8, 4) is 17.5 Å². The Bertz CT molecular complexity index is 1230. The molecule has 2 heterocycles. The number of nitriles is 1. The molecule has 2 aromatic carbocycles. The van der Waals surface area contributed by atoms with Gasteiger partial charge in [0.1, 0.15) is 5.82 Å². The van der Waals surface area contributed by atoms with Crippen molar-refractivity contribution in [1.29, 1.82) is 5.26 Å². The molecule has 0 spiro atoms. The maximum absolute atomic E-state index is 11.2. The number of nitro benzene ring substituents is 1. The first-order chi connectivity index (χ1) is 13.6. The van der Waals surface area contributed by atoms with Gasteiger partial charge in [-0.15, -0.1) is 0 Å². The maximum atomic E-state index is 11.2. The van der Waals surface area contributed by atoms with E-state index in [1.165, 1.54) is 12.1 Å². The largest absolute Gasteiger partial charge is 0.340 e. The lowest BCUT2D eigenvalue weighted by Crippen LogP contribution is -2.00. The maximum Gasteiger partial charge on any atom is 0.270 e. The summed E-state index contributed by atoms with van der Waals surface area (Å²) in [7, 11) is 0. The third-order valence-corrected chi connectivity index (χ3v) is 4.08. The lowest BCUT2D eigenvalue weighted by molar-refractivity contribution is -0.384. The molecule has 8 nitrogen and oxygen atoms in total. The van der Waals surface area contributed by atoms with Crippen LogP contribution in [0.4, 0.5) is 17.2 Å². The summed E-state index contributed by atoms with van der Waals surface area (Å²) in [5.41, 5.74) is 2.41. The fourth-order valence-corrected chi connectivity index (χ4v) is 2.76. The lowest BCUT2D eigenvalue weighted by atomic mass is 10.1. The van der Waals surface area contributed by atoms with Gasteiger partial charge in [0.2, 0.25) is 0 Å². The summed E-state index contributed by atoms with van der Waals surface area (Å²) in [5.74, 6) is 0.873. The average molecular weight is 368 g/mol. The summed E-state index contributed by atoms with van der Waals surface area (Å²) < 4.78 is 0. The van der Waals surface area contributed by atoms with Crippen molar-refractivity contribution in [2.45, 2.75) is 0 Å². The smallest absolute Gasteiger partial charge is 0.270 e. The highest BCUT2D eigenvalue weighted by Crippen LogP contribution is 2.30. The minimum atomic E-state index is -0.462. The molecule has 134 valence electrons. The minimum Gasteiger partial charge on any atom is -0.340 e. The zero-order valence-electron chi connectivity index (χ0n) is 14.4. The lowest BCUT2D eigenvalue weighted by Gasteiger charge is -2.11. The number of hydrogen-bond donors (Lipinski definition) is 1. The summed E-state index contributed by atoms with van der Waals surface area (Å²) in [5, 5.41) is 24.0. The van der Waals surface area contributed by atoms with E-state index < -0.39 is 4.92 Å². The van der Waals surface area contributed by atoms with Crippen molar-refractivity contribution in [2.24, 2.45) is 0 Å². The van der Waals surface area contributed by atoms with Crippen molar-refractivity contribution in [3.63, 3.8) is 0 Å². The molecule has 8 heteroatoms. The van der Waals surface area contributed by atoms with Crippen molar-refractivity contribution >= 4 is 28.1 Å². The van der Waals surface area contributed by atoms with Crippen LogP contribution in [0.25, 0.3) is 22.3 Å². The Morgan fingerprint density at radius 3 is 2.61 bits per heavy atom. The molecule has 4 rings (SSSR count). The molecule has 28 heavy (non-hydrogen) atoms. The first-order valence-electron chi connectivity index (χ1n) is 8.28. The third kappa shape index (κ3) is 3.32. The minimum absolute atomic E-state index is 0.0541. The Morgan fingerprint density at radius 1 is 1.04 bits per heavy atom. The molecule has 4 aromatic rings. The van der Waals surface area contributed by atoms with E-state index in [1.54, 1.807) is 54.9 Å². The van der Waals surface area contributed by atoms with Crippen LogP contribution in [0.3, 0.4) is 0 Å². The van der Waals surface area contributed by atoms with Gasteiger partial charge in [-0.3, -0.25) is 15.1 Å². The van der Waals surface area contributed by atoms with Gasteiger partial charge < -0.3 is 5.32 Å². The van der Waals surface area contributed by atoms with Crippen LogP contribution in [-0.4, -0.2) is 19.9 Å². The third-order valence-electron chi connectivity index (χ3n) is 4.08. The van der Waals surface area contributed by atoms with Gasteiger partial charge in [-0.25, -0.2) is 9.97 Å². The zero-order valence-corrected chi connectivity index (χ0v) is 14.4. The molecule has 0 aliphatic carbocycles. The molecule has 1 N–H and O–H groups in total. The van der Waals surface area contributed by atoms with E-state index in [-0.39, 0.29) is 5.69 Å². The number of nitro groups is 1. The predicted octanol–water partition coefficient (Wildman–Crippen LogP) is 4.22. The van der Waals surface area contributed by atoms with Crippen LogP contribution in [0.5, 0.6) is 0 Å². The number of aromatic nitrogens is 3. The van der Waals surface area contributed by atoms with Gasteiger partial charge in [0.05, 0.1) is 22.1 Å². The van der Waals surface area contributed by atoms with E-state index in [9.17, 15) is 10.1 Å². The Kier molecular flexibility index (Phi) is 4.32. The van der Waals surface area contributed by atoms with Crippen molar-refractivity contribution in [3.05, 3.63) is 82.7 Å². The topological polar surface area (TPSA) is 118 Å². The second-order valence-electron chi connectivity index (χ2n) is 5.91. The zero-order chi connectivity index (χ0) is 19.5. The summed E-state index contributed by atoms with van der Waals surface area (Å²) in [6.07, 6.45) is 3.28. The van der Waals surface area contributed by atoms with Crippen LogP contribution in [0.1, 0.15) is 5.56 Å². The average Bonchev–Trinajstić information content (AvgIpc) is 2.74. The van der Waals surface area contributed by atoms with Crippen LogP contribution >= 0.6 is 0 Å². The summed E-state index contributed by atoms with van der Waals surface area (Å²) in [6, 6.07) is 17.0. The number of benzene rings is 2. The van der Waals surface area contributed by atoms with Crippen LogP contribution < -0.4 is 5.32 Å². The van der Waals surface area contributed by atoms with Crippen molar-refractivity contribution in [1.82, 2.24) is 15.0 Å². The van der Waals surface area contributed by atoms with Crippen molar-refractivity contribution < 1.29 is 4.92 Å². The Balaban J connectivity index is 1.90. The van der Waals surface area contributed by atoms with Gasteiger partial charge in [0.25, 0.3) is 5.69 Å². The van der Waals surface area contributed by atoms with E-state index in [4.69, 9.17) is 5.26 Å². The molecule has 0 unspecified atom stereocenters. The first kappa shape index (κ1) is 17.1. The molecule has 0 atom stereocenters. The standard InChI is InChI=1S/C20H12N6O2/c21-12-13-2-1-3-15(10-13)23-20-17-11-16(26(27)28)4-5-18(17)24-19(25-20)14-6-8-22-9-7-14/h1-11H,(H,23,24,25). The summed E-state index contributed by atoms with van der Waals surface area (Å²) >= 11 is 0. The number of pyridine rings is 1. The molecule has 0 bridgehead atoms. The molecule has 0 amide bonds. The van der Waals surface area contributed by atoms with E-state index in [1.807, 2.05) is 0 Å². The molecule has 0 aliphatic heterocycles. The van der Waals surface area contributed by atoms with E-state index in [2.05, 4.69) is 26.3 Å². The van der Waals surface area contributed by atoms with E-state index in [0.29, 0.717) is 33.8 Å². The highest BCUT2D eigenvalue weighted by atomic mass is 16.6. The number of rotatable bonds is 4. The predicted molar refractivity (Wildman–Crippen MR) is 104 cm³/mol. The van der Waals surface area contributed by atoms with Gasteiger partial charge in [-0.2, -0.15) is 5.26 Å². The van der Waals surface area contributed by atoms with Gasteiger partial charge in [0, 0.05) is 41.2 Å². The van der Waals surface area contributed by atoms with Gasteiger partial charge in [-0.05, 0) is 36.4 Å². The number of fused-ring (bicyclic) bond motifs is 1. The van der Waals surface area contributed by atoms with Crippen LogP contribution in [0, 0.1) is 21.4 Å². The van der Waals surface area contributed by atoms with E-state index in [0.717, 1.165) is 5.56 Å². The summed E-state index contributed by atoms with van der Waals surface area (Å²) in [4.78, 5) is 23.8. The Morgan fingerprint density at radius 2 is 1.86 bits per heavy atom. The second-order valence-corrected chi connectivity index (χ2v) is 5.91. The molecule has 0 fully saturated rings. The van der Waals surface area contributed by atoms with E-state index >= 15 is 0 Å². The molecule has 0 saturated heterocycles. The monoisotopic (exact) mass is 368 g/mol. The number of hydrogen-bond acceptors (Lipinski definition) is 7. The Hall–Kier alpha value is -4.38. The van der Waals surface area contributed by atoms with Gasteiger partial charge >= 0.3 is 0 Å². The fourth-order valence-electron chi connectivity index (χ4n) is 2.76. The van der Waals surface area contributed by atoms with Crippen LogP contribution in [-0.2, 0) is 0 Å². The molecule has 0 aliphatic rings. The number of nitrogens with one attached hydrogen (secondary N) is 1. The summed E-state index contributed by atoms with van der Waals surface area (Å²) in [6.45, 7) is 0. The van der Waals surface area contributed by atoms with Gasteiger partial charge in [0.15, 0.2) is 5.82 Å². The molecular weight excluding hydrogens is 356 g/mol. The molecule has 0 saturated carbocycles. The van der Waals surface area contributed by atoms with Crippen molar-refractivity contribution in [2.75, 3.05) is 5.32 Å². The highest BCUT2D eigenvalue weighted by Gasteiger charge is 2.14.